The van der Waals surface area contributed by atoms with Gasteiger partial charge in [-0.2, -0.15) is 0 Å². The van der Waals surface area contributed by atoms with Crippen LogP contribution < -0.4 is 13.8 Å². The third kappa shape index (κ3) is 6.05. The van der Waals surface area contributed by atoms with Crippen molar-refractivity contribution >= 4 is 27.6 Å². The number of benzene rings is 2. The normalized spacial score (nSPS) is 14.3. The van der Waals surface area contributed by atoms with Crippen molar-refractivity contribution in [3.05, 3.63) is 48.0 Å². The van der Waals surface area contributed by atoms with Gasteiger partial charge in [0, 0.05) is 19.2 Å². The zero-order valence-corrected chi connectivity index (χ0v) is 21.3. The van der Waals surface area contributed by atoms with E-state index in [1.807, 2.05) is 6.92 Å². The van der Waals surface area contributed by atoms with Gasteiger partial charge in [0.25, 0.3) is 10.0 Å². The van der Waals surface area contributed by atoms with Crippen LogP contribution in [0.4, 0.5) is 5.69 Å². The number of aryl methyl sites for hydroxylation is 1. The average Bonchev–Trinajstić information content (AvgIpc) is 2.87. The number of anilines is 1. The lowest BCUT2D eigenvalue weighted by atomic mass is 9.97. The first-order chi connectivity index (χ1) is 16.7. The highest BCUT2D eigenvalue weighted by atomic mass is 32.2. The van der Waals surface area contributed by atoms with E-state index in [-0.39, 0.29) is 34.1 Å². The summed E-state index contributed by atoms with van der Waals surface area (Å²) in [6, 6.07) is 11.2. The maximum absolute atomic E-state index is 13.7. The minimum Gasteiger partial charge on any atom is -0.497 e. The number of ether oxygens (including phenoxy) is 3. The van der Waals surface area contributed by atoms with Gasteiger partial charge in [0.15, 0.2) is 0 Å². The molecule has 0 radical (unpaired) electrons. The second kappa shape index (κ2) is 11.4. The SMILES string of the molecule is CCOC(=O)C1CCN(C(=O)CN(c2cc(OC)ccc2OC)S(=O)(=O)c2ccc(C)cc2)CC1. The lowest BCUT2D eigenvalue weighted by molar-refractivity contribution is -0.151. The van der Waals surface area contributed by atoms with Crippen LogP contribution in [-0.2, 0) is 24.3 Å². The van der Waals surface area contributed by atoms with Crippen LogP contribution in [0.5, 0.6) is 11.5 Å². The van der Waals surface area contributed by atoms with E-state index in [4.69, 9.17) is 14.2 Å². The van der Waals surface area contributed by atoms with Crippen molar-refractivity contribution in [1.29, 1.82) is 0 Å². The zero-order valence-electron chi connectivity index (χ0n) is 20.5. The second-order valence-corrected chi connectivity index (χ2v) is 10.1. The Hall–Kier alpha value is -3.27. The Balaban J connectivity index is 1.92. The van der Waals surface area contributed by atoms with Gasteiger partial charge in [0.2, 0.25) is 5.91 Å². The Bertz CT molecular complexity index is 1140. The summed E-state index contributed by atoms with van der Waals surface area (Å²) in [6.07, 6.45) is 0.940. The van der Waals surface area contributed by atoms with Gasteiger partial charge in [-0.1, -0.05) is 17.7 Å². The number of likely N-dealkylation sites (tertiary alicyclic amines) is 1. The fourth-order valence-electron chi connectivity index (χ4n) is 3.98. The number of rotatable bonds is 9. The van der Waals surface area contributed by atoms with Gasteiger partial charge in [-0.25, -0.2) is 8.42 Å². The van der Waals surface area contributed by atoms with Crippen molar-refractivity contribution in [2.24, 2.45) is 5.92 Å². The fraction of sp³-hybridized carbons (Fsp3) is 0.440. The predicted molar refractivity (Wildman–Crippen MR) is 131 cm³/mol. The van der Waals surface area contributed by atoms with Crippen molar-refractivity contribution < 1.29 is 32.2 Å². The van der Waals surface area contributed by atoms with Crippen LogP contribution in [0.25, 0.3) is 0 Å². The molecule has 0 bridgehead atoms. The first kappa shape index (κ1) is 26.3. The number of carbonyl (C=O) groups excluding carboxylic acids is 2. The Morgan fingerprint density at radius 3 is 2.26 bits per heavy atom. The lowest BCUT2D eigenvalue weighted by Crippen LogP contribution is -2.46. The molecule has 1 saturated heterocycles. The van der Waals surface area contributed by atoms with Crippen LogP contribution in [0.3, 0.4) is 0 Å². The van der Waals surface area contributed by atoms with Crippen LogP contribution in [-0.4, -0.2) is 65.7 Å². The van der Waals surface area contributed by atoms with Gasteiger partial charge in [-0.05, 0) is 51.0 Å². The Morgan fingerprint density at radius 1 is 1.03 bits per heavy atom. The molecule has 10 heteroatoms. The molecule has 1 fully saturated rings. The molecule has 1 aliphatic rings. The Labute approximate surface area is 206 Å². The molecule has 1 amide bonds. The van der Waals surface area contributed by atoms with Crippen LogP contribution in [0.15, 0.2) is 47.4 Å². The summed E-state index contributed by atoms with van der Waals surface area (Å²) in [5.41, 5.74) is 1.11. The van der Waals surface area contributed by atoms with Gasteiger partial charge in [0.05, 0.1) is 37.3 Å². The maximum Gasteiger partial charge on any atom is 0.309 e. The topological polar surface area (TPSA) is 102 Å². The molecule has 1 aliphatic heterocycles. The molecular formula is C25H32N2O7S. The van der Waals surface area contributed by atoms with E-state index >= 15 is 0 Å². The number of hydrogen-bond acceptors (Lipinski definition) is 7. The summed E-state index contributed by atoms with van der Waals surface area (Å²) >= 11 is 0. The van der Waals surface area contributed by atoms with E-state index in [1.54, 1.807) is 36.1 Å². The second-order valence-electron chi connectivity index (χ2n) is 8.27. The molecule has 0 unspecified atom stereocenters. The molecule has 2 aromatic carbocycles. The summed E-state index contributed by atoms with van der Waals surface area (Å²) in [5, 5.41) is 0. The molecule has 0 aliphatic carbocycles. The first-order valence-electron chi connectivity index (χ1n) is 11.5. The van der Waals surface area contributed by atoms with Gasteiger partial charge in [-0.3, -0.25) is 13.9 Å². The molecule has 35 heavy (non-hydrogen) atoms. The fourth-order valence-corrected chi connectivity index (χ4v) is 5.39. The van der Waals surface area contributed by atoms with Crippen molar-refractivity contribution in [2.75, 3.05) is 44.8 Å². The largest absolute Gasteiger partial charge is 0.497 e. The van der Waals surface area contributed by atoms with E-state index in [0.29, 0.717) is 38.3 Å². The maximum atomic E-state index is 13.7. The molecule has 9 nitrogen and oxygen atoms in total. The van der Waals surface area contributed by atoms with E-state index in [1.165, 1.54) is 32.4 Å². The summed E-state index contributed by atoms with van der Waals surface area (Å²) in [4.78, 5) is 27.0. The van der Waals surface area contributed by atoms with Crippen molar-refractivity contribution in [3.63, 3.8) is 0 Å². The third-order valence-corrected chi connectivity index (χ3v) is 7.78. The molecule has 2 aromatic rings. The summed E-state index contributed by atoms with van der Waals surface area (Å²) < 4.78 is 44.4. The van der Waals surface area contributed by atoms with Gasteiger partial charge in [-0.15, -0.1) is 0 Å². The van der Waals surface area contributed by atoms with Crippen LogP contribution >= 0.6 is 0 Å². The minimum atomic E-state index is -4.12. The summed E-state index contributed by atoms with van der Waals surface area (Å²) in [6.45, 7) is 4.19. The molecule has 1 heterocycles. The minimum absolute atomic E-state index is 0.0572. The van der Waals surface area contributed by atoms with Crippen molar-refractivity contribution in [1.82, 2.24) is 4.90 Å². The molecule has 0 N–H and O–H groups in total. The number of hydrogen-bond donors (Lipinski definition) is 0. The number of piperidine rings is 1. The molecular weight excluding hydrogens is 472 g/mol. The molecule has 0 aromatic heterocycles. The third-order valence-electron chi connectivity index (χ3n) is 6.01. The van der Waals surface area contributed by atoms with Crippen LogP contribution in [0.1, 0.15) is 25.3 Å². The molecule has 3 rings (SSSR count). The summed E-state index contributed by atoms with van der Waals surface area (Å²) in [7, 11) is -1.21. The summed E-state index contributed by atoms with van der Waals surface area (Å²) in [5.74, 6) is -0.176. The first-order valence-corrected chi connectivity index (χ1v) is 12.9. The Morgan fingerprint density at radius 2 is 1.69 bits per heavy atom. The smallest absolute Gasteiger partial charge is 0.309 e. The van der Waals surface area contributed by atoms with Crippen molar-refractivity contribution in [2.45, 2.75) is 31.6 Å². The van der Waals surface area contributed by atoms with E-state index in [0.717, 1.165) is 9.87 Å². The van der Waals surface area contributed by atoms with E-state index < -0.39 is 16.6 Å². The number of esters is 1. The van der Waals surface area contributed by atoms with E-state index in [9.17, 15) is 18.0 Å². The quantitative estimate of drug-likeness (QED) is 0.484. The highest BCUT2D eigenvalue weighted by molar-refractivity contribution is 7.92. The number of carbonyl (C=O) groups is 2. The van der Waals surface area contributed by atoms with Gasteiger partial charge in [0.1, 0.15) is 18.0 Å². The van der Waals surface area contributed by atoms with Crippen LogP contribution in [0.2, 0.25) is 0 Å². The highest BCUT2D eigenvalue weighted by Gasteiger charge is 2.33. The number of methoxy groups -OCH3 is 2. The zero-order chi connectivity index (χ0) is 25.6. The van der Waals surface area contributed by atoms with E-state index in [2.05, 4.69) is 0 Å². The highest BCUT2D eigenvalue weighted by Crippen LogP contribution is 2.36. The monoisotopic (exact) mass is 504 g/mol. The molecule has 0 spiro atoms. The molecule has 0 saturated carbocycles. The standard InChI is InChI=1S/C25H32N2O7S/c1-5-34-25(29)19-12-14-26(15-13-19)24(28)17-27(22-16-20(32-3)8-11-23(22)33-4)35(30,31)21-9-6-18(2)7-10-21/h6-11,16,19H,5,12-15,17H2,1-4H3. The molecule has 0 atom stereocenters. The van der Waals surface area contributed by atoms with Gasteiger partial charge >= 0.3 is 5.97 Å². The molecule has 190 valence electrons. The number of nitrogens with zero attached hydrogens (tertiary/aromatic N) is 2. The van der Waals surface area contributed by atoms with Crippen LogP contribution in [0, 0.1) is 12.8 Å². The average molecular weight is 505 g/mol. The Kier molecular flexibility index (Phi) is 8.61. The number of amides is 1. The van der Waals surface area contributed by atoms with Gasteiger partial charge < -0.3 is 19.1 Å². The predicted octanol–water partition coefficient (Wildman–Crippen LogP) is 3.01. The lowest BCUT2D eigenvalue weighted by Gasteiger charge is -2.33. The number of sulfonamides is 1. The van der Waals surface area contributed by atoms with Crippen molar-refractivity contribution in [3.8, 4) is 11.5 Å².